The Balaban J connectivity index is 1.47. The molecule has 24 heavy (non-hydrogen) atoms. The van der Waals surface area contributed by atoms with Crippen molar-refractivity contribution in [3.63, 3.8) is 0 Å². The zero-order valence-corrected chi connectivity index (χ0v) is 14.1. The van der Waals surface area contributed by atoms with Gasteiger partial charge in [-0.3, -0.25) is 4.79 Å². The van der Waals surface area contributed by atoms with E-state index < -0.39 is 0 Å². The van der Waals surface area contributed by atoms with Crippen molar-refractivity contribution in [3.8, 4) is 0 Å². The Labute approximate surface area is 141 Å². The Kier molecular flexibility index (Phi) is 4.14. The van der Waals surface area contributed by atoms with E-state index in [0.717, 1.165) is 56.0 Å². The highest BCUT2D eigenvalue weighted by molar-refractivity contribution is 5.78. The molecule has 2 saturated heterocycles. The van der Waals surface area contributed by atoms with Gasteiger partial charge in [-0.2, -0.15) is 0 Å². The maximum absolute atomic E-state index is 12.3. The number of hydrogen-bond donors (Lipinski definition) is 1. The summed E-state index contributed by atoms with van der Waals surface area (Å²) in [6.45, 7) is 4.49. The van der Waals surface area contributed by atoms with Gasteiger partial charge in [0.2, 0.25) is 0 Å². The zero-order valence-electron chi connectivity index (χ0n) is 14.1. The van der Waals surface area contributed by atoms with Gasteiger partial charge in [-0.05, 0) is 50.2 Å². The van der Waals surface area contributed by atoms with E-state index in [9.17, 15) is 4.79 Å². The summed E-state index contributed by atoms with van der Waals surface area (Å²) in [5.41, 5.74) is 2.09. The summed E-state index contributed by atoms with van der Waals surface area (Å²) in [5.74, 6) is 0.726. The van der Waals surface area contributed by atoms with Gasteiger partial charge in [0.05, 0.1) is 23.6 Å². The lowest BCUT2D eigenvalue weighted by Gasteiger charge is -2.42. The van der Waals surface area contributed by atoms with Gasteiger partial charge in [0, 0.05) is 19.6 Å². The number of nitrogens with one attached hydrogen (secondary N) is 1. The SMILES string of the molecule is Cc1ccc2nc(CC3CCC4(CCOCC4)CO3)[nH]c(=O)c2c1. The first-order chi connectivity index (χ1) is 11.6. The first kappa shape index (κ1) is 15.8. The van der Waals surface area contributed by atoms with Crippen LogP contribution < -0.4 is 5.56 Å². The third kappa shape index (κ3) is 3.10. The number of benzene rings is 1. The zero-order chi connectivity index (χ0) is 16.6. The summed E-state index contributed by atoms with van der Waals surface area (Å²) in [4.78, 5) is 19.8. The first-order valence-corrected chi connectivity index (χ1v) is 8.83. The van der Waals surface area contributed by atoms with Crippen molar-refractivity contribution in [2.45, 2.75) is 45.1 Å². The van der Waals surface area contributed by atoms with Crippen LogP contribution in [-0.2, 0) is 15.9 Å². The van der Waals surface area contributed by atoms with Crippen LogP contribution in [0.5, 0.6) is 0 Å². The molecule has 1 spiro atoms. The molecule has 0 radical (unpaired) electrons. The van der Waals surface area contributed by atoms with Crippen molar-refractivity contribution < 1.29 is 9.47 Å². The van der Waals surface area contributed by atoms with Gasteiger partial charge in [0.1, 0.15) is 5.82 Å². The number of hydrogen-bond acceptors (Lipinski definition) is 4. The number of aromatic nitrogens is 2. The van der Waals surface area contributed by atoms with Crippen LogP contribution >= 0.6 is 0 Å². The Morgan fingerprint density at radius 1 is 1.29 bits per heavy atom. The van der Waals surface area contributed by atoms with Crippen LogP contribution in [0.3, 0.4) is 0 Å². The second kappa shape index (κ2) is 6.30. The highest BCUT2D eigenvalue weighted by Crippen LogP contribution is 2.40. The van der Waals surface area contributed by atoms with Crippen molar-refractivity contribution >= 4 is 10.9 Å². The molecular formula is C19H24N2O3. The van der Waals surface area contributed by atoms with Crippen LogP contribution in [0.4, 0.5) is 0 Å². The summed E-state index contributed by atoms with van der Waals surface area (Å²) in [6.07, 6.45) is 5.22. The summed E-state index contributed by atoms with van der Waals surface area (Å²) in [6, 6.07) is 5.80. The van der Waals surface area contributed by atoms with Crippen LogP contribution in [0.25, 0.3) is 10.9 Å². The summed E-state index contributed by atoms with van der Waals surface area (Å²) >= 11 is 0. The number of fused-ring (bicyclic) bond motifs is 1. The van der Waals surface area contributed by atoms with E-state index in [2.05, 4.69) is 9.97 Å². The monoisotopic (exact) mass is 328 g/mol. The third-order valence-electron chi connectivity index (χ3n) is 5.51. The molecule has 3 heterocycles. The number of H-pyrrole nitrogens is 1. The molecule has 5 heteroatoms. The Hall–Kier alpha value is -1.72. The Bertz CT molecular complexity index is 783. The van der Waals surface area contributed by atoms with Gasteiger partial charge in [0.15, 0.2) is 0 Å². The average Bonchev–Trinajstić information content (AvgIpc) is 2.59. The molecule has 0 aliphatic carbocycles. The molecule has 1 aromatic carbocycles. The maximum Gasteiger partial charge on any atom is 0.258 e. The molecule has 0 saturated carbocycles. The van der Waals surface area contributed by atoms with E-state index in [1.807, 2.05) is 25.1 Å². The summed E-state index contributed by atoms with van der Waals surface area (Å²) in [7, 11) is 0. The normalized spacial score (nSPS) is 23.6. The molecule has 2 fully saturated rings. The fourth-order valence-electron chi connectivity index (χ4n) is 3.89. The summed E-state index contributed by atoms with van der Waals surface area (Å²) in [5, 5.41) is 0.657. The molecule has 1 N–H and O–H groups in total. The van der Waals surface area contributed by atoms with Gasteiger partial charge < -0.3 is 14.5 Å². The smallest absolute Gasteiger partial charge is 0.258 e. The highest BCUT2D eigenvalue weighted by atomic mass is 16.5. The van der Waals surface area contributed by atoms with Crippen LogP contribution in [0.1, 0.15) is 37.1 Å². The van der Waals surface area contributed by atoms with Gasteiger partial charge in [-0.15, -0.1) is 0 Å². The molecule has 2 aliphatic rings. The van der Waals surface area contributed by atoms with Crippen LogP contribution in [0, 0.1) is 12.3 Å². The van der Waals surface area contributed by atoms with Crippen molar-refractivity contribution in [2.24, 2.45) is 5.41 Å². The van der Waals surface area contributed by atoms with Gasteiger partial charge >= 0.3 is 0 Å². The van der Waals surface area contributed by atoms with Gasteiger partial charge in [0.25, 0.3) is 5.56 Å². The van der Waals surface area contributed by atoms with Crippen molar-refractivity contribution in [3.05, 3.63) is 39.9 Å². The lowest BCUT2D eigenvalue weighted by atomic mass is 9.75. The third-order valence-corrected chi connectivity index (χ3v) is 5.51. The predicted octanol–water partition coefficient (Wildman–Crippen LogP) is 2.75. The standard InChI is InChI=1S/C19H24N2O3/c1-13-2-3-16-15(10-13)18(22)21-17(20-16)11-14-4-5-19(12-24-14)6-8-23-9-7-19/h2-3,10,14H,4-9,11-12H2,1H3,(H,20,21,22). The fourth-order valence-corrected chi connectivity index (χ4v) is 3.89. The average molecular weight is 328 g/mol. The molecule has 0 bridgehead atoms. The quantitative estimate of drug-likeness (QED) is 0.921. The largest absolute Gasteiger partial charge is 0.381 e. The Morgan fingerprint density at radius 3 is 2.88 bits per heavy atom. The van der Waals surface area contributed by atoms with E-state index >= 15 is 0 Å². The molecule has 128 valence electrons. The summed E-state index contributed by atoms with van der Waals surface area (Å²) < 4.78 is 11.6. The van der Waals surface area contributed by atoms with E-state index in [-0.39, 0.29) is 11.7 Å². The van der Waals surface area contributed by atoms with E-state index in [0.29, 0.717) is 17.2 Å². The van der Waals surface area contributed by atoms with Gasteiger partial charge in [-0.1, -0.05) is 11.6 Å². The molecule has 1 unspecified atom stereocenters. The van der Waals surface area contributed by atoms with Crippen molar-refractivity contribution in [2.75, 3.05) is 19.8 Å². The molecule has 2 aromatic rings. The number of aromatic amines is 1. The van der Waals surface area contributed by atoms with E-state index in [1.165, 1.54) is 6.42 Å². The topological polar surface area (TPSA) is 64.2 Å². The molecule has 1 aromatic heterocycles. The van der Waals surface area contributed by atoms with E-state index in [4.69, 9.17) is 9.47 Å². The maximum atomic E-state index is 12.3. The second-order valence-electron chi connectivity index (χ2n) is 7.32. The first-order valence-electron chi connectivity index (χ1n) is 8.83. The van der Waals surface area contributed by atoms with Crippen molar-refractivity contribution in [1.29, 1.82) is 0 Å². The van der Waals surface area contributed by atoms with Crippen LogP contribution in [-0.4, -0.2) is 35.9 Å². The number of ether oxygens (including phenoxy) is 2. The molecule has 0 amide bonds. The number of aryl methyl sites for hydroxylation is 1. The molecule has 1 atom stereocenters. The van der Waals surface area contributed by atoms with Crippen molar-refractivity contribution in [1.82, 2.24) is 9.97 Å². The van der Waals surface area contributed by atoms with Crippen LogP contribution in [0.15, 0.2) is 23.0 Å². The molecule has 4 rings (SSSR count). The molecular weight excluding hydrogens is 304 g/mol. The minimum absolute atomic E-state index is 0.0598. The number of nitrogens with zero attached hydrogens (tertiary/aromatic N) is 1. The molecule has 2 aliphatic heterocycles. The highest BCUT2D eigenvalue weighted by Gasteiger charge is 2.37. The van der Waals surface area contributed by atoms with Gasteiger partial charge in [-0.25, -0.2) is 4.98 Å². The number of rotatable bonds is 2. The molecule has 5 nitrogen and oxygen atoms in total. The lowest BCUT2D eigenvalue weighted by Crippen LogP contribution is -2.41. The minimum Gasteiger partial charge on any atom is -0.381 e. The Morgan fingerprint density at radius 2 is 2.12 bits per heavy atom. The minimum atomic E-state index is -0.0598. The van der Waals surface area contributed by atoms with Crippen LogP contribution in [0.2, 0.25) is 0 Å². The van der Waals surface area contributed by atoms with E-state index in [1.54, 1.807) is 0 Å². The predicted molar refractivity (Wildman–Crippen MR) is 92.3 cm³/mol. The lowest BCUT2D eigenvalue weighted by molar-refractivity contribution is -0.105. The second-order valence-corrected chi connectivity index (χ2v) is 7.32. The fraction of sp³-hybridized carbons (Fsp3) is 0.579.